The van der Waals surface area contributed by atoms with E-state index in [1.54, 1.807) is 0 Å². The fourth-order valence-corrected chi connectivity index (χ4v) is 2.47. The molecular formula is C12H20F2O5S. The maximum Gasteiger partial charge on any atom is 0.465 e. The Balaban J connectivity index is 2.61. The van der Waals surface area contributed by atoms with E-state index >= 15 is 0 Å². The molecule has 8 heteroatoms. The van der Waals surface area contributed by atoms with E-state index in [0.29, 0.717) is 12.8 Å². The summed E-state index contributed by atoms with van der Waals surface area (Å²) < 4.78 is 60.1. The number of ether oxygens (including phenoxy) is 1. The number of rotatable bonds is 3. The lowest BCUT2D eigenvalue weighted by Crippen LogP contribution is -2.40. The first-order valence-corrected chi connectivity index (χ1v) is 8.25. The van der Waals surface area contributed by atoms with E-state index in [9.17, 15) is 22.0 Å². The Labute approximate surface area is 117 Å². The number of hydrogen-bond acceptors (Lipinski definition) is 4. The molecule has 0 aliphatic heterocycles. The van der Waals surface area contributed by atoms with Crippen molar-refractivity contribution in [2.75, 3.05) is 0 Å². The summed E-state index contributed by atoms with van der Waals surface area (Å²) in [7, 11) is -5.79. The van der Waals surface area contributed by atoms with Gasteiger partial charge in [0, 0.05) is 0 Å². The number of carbonyl (C=O) groups is 1. The Hall–Kier alpha value is -0.760. The van der Waals surface area contributed by atoms with Crippen molar-refractivity contribution in [3.05, 3.63) is 0 Å². The van der Waals surface area contributed by atoms with E-state index in [-0.39, 0.29) is 0 Å². The third-order valence-electron chi connectivity index (χ3n) is 3.39. The molecule has 0 saturated heterocycles. The van der Waals surface area contributed by atoms with E-state index in [1.165, 1.54) is 0 Å². The van der Waals surface area contributed by atoms with Crippen LogP contribution in [0.15, 0.2) is 0 Å². The van der Waals surface area contributed by atoms with Crippen LogP contribution in [0.1, 0.15) is 57.8 Å². The van der Waals surface area contributed by atoms with Crippen LogP contribution in [0.5, 0.6) is 0 Å². The molecule has 0 amide bonds. The molecule has 1 rings (SSSR count). The van der Waals surface area contributed by atoms with Crippen molar-refractivity contribution >= 4 is 16.1 Å². The van der Waals surface area contributed by atoms with Crippen molar-refractivity contribution in [1.29, 1.82) is 0 Å². The van der Waals surface area contributed by atoms with E-state index in [1.807, 2.05) is 0 Å². The van der Waals surface area contributed by atoms with Crippen LogP contribution in [-0.2, 0) is 19.6 Å². The smallest absolute Gasteiger partial charge is 0.457 e. The summed E-state index contributed by atoms with van der Waals surface area (Å²) in [4.78, 5) is 11.2. The molecule has 1 saturated carbocycles. The van der Waals surface area contributed by atoms with Crippen LogP contribution in [0, 0.1) is 0 Å². The van der Waals surface area contributed by atoms with Crippen LogP contribution in [0.3, 0.4) is 0 Å². The summed E-state index contributed by atoms with van der Waals surface area (Å²) >= 11 is 0. The van der Waals surface area contributed by atoms with E-state index in [4.69, 9.17) is 4.55 Å². The predicted octanol–water partition coefficient (Wildman–Crippen LogP) is 2.90. The van der Waals surface area contributed by atoms with Crippen LogP contribution in [0.2, 0.25) is 0 Å². The van der Waals surface area contributed by atoms with Gasteiger partial charge in [-0.3, -0.25) is 4.55 Å². The van der Waals surface area contributed by atoms with Crippen molar-refractivity contribution in [2.45, 2.75) is 69.1 Å². The van der Waals surface area contributed by atoms with Gasteiger partial charge in [-0.2, -0.15) is 17.2 Å². The first kappa shape index (κ1) is 17.3. The van der Waals surface area contributed by atoms with Crippen LogP contribution < -0.4 is 0 Å². The Morgan fingerprint density at radius 3 is 1.80 bits per heavy atom. The van der Waals surface area contributed by atoms with Gasteiger partial charge in [0.2, 0.25) is 0 Å². The molecule has 0 heterocycles. The topological polar surface area (TPSA) is 80.7 Å². The quantitative estimate of drug-likeness (QED) is 0.640. The van der Waals surface area contributed by atoms with Crippen molar-refractivity contribution < 1.29 is 31.3 Å². The van der Waals surface area contributed by atoms with Gasteiger partial charge in [0.1, 0.15) is 6.10 Å². The van der Waals surface area contributed by atoms with Gasteiger partial charge in [0.25, 0.3) is 0 Å². The maximum absolute atomic E-state index is 13.1. The second kappa shape index (κ2) is 7.31. The highest BCUT2D eigenvalue weighted by molar-refractivity contribution is 7.87. The highest BCUT2D eigenvalue weighted by Gasteiger charge is 2.54. The number of carbonyl (C=O) groups excluding carboxylic acids is 1. The molecule has 0 atom stereocenters. The average Bonchev–Trinajstić information content (AvgIpc) is 2.35. The lowest BCUT2D eigenvalue weighted by atomic mass is 9.99. The molecule has 1 fully saturated rings. The largest absolute Gasteiger partial charge is 0.465 e. The highest BCUT2D eigenvalue weighted by Crippen LogP contribution is 2.26. The van der Waals surface area contributed by atoms with Gasteiger partial charge in [0.05, 0.1) is 0 Å². The molecule has 0 aromatic rings. The zero-order valence-corrected chi connectivity index (χ0v) is 12.0. The average molecular weight is 314 g/mol. The van der Waals surface area contributed by atoms with Crippen molar-refractivity contribution in [3.63, 3.8) is 0 Å². The van der Waals surface area contributed by atoms with Gasteiger partial charge in [-0.05, 0) is 25.7 Å². The highest BCUT2D eigenvalue weighted by atomic mass is 32.2. The fraction of sp³-hybridized carbons (Fsp3) is 0.917. The Morgan fingerprint density at radius 2 is 1.40 bits per heavy atom. The first-order valence-electron chi connectivity index (χ1n) is 6.81. The van der Waals surface area contributed by atoms with Gasteiger partial charge < -0.3 is 4.74 Å². The Morgan fingerprint density at radius 1 is 1.00 bits per heavy atom. The molecular weight excluding hydrogens is 294 g/mol. The summed E-state index contributed by atoms with van der Waals surface area (Å²) in [6.07, 6.45) is 6.78. The molecule has 20 heavy (non-hydrogen) atoms. The number of alkyl halides is 2. The molecule has 1 aliphatic carbocycles. The summed E-state index contributed by atoms with van der Waals surface area (Å²) in [6, 6.07) is 0. The molecule has 0 unspecified atom stereocenters. The molecule has 1 N–H and O–H groups in total. The van der Waals surface area contributed by atoms with E-state index in [2.05, 4.69) is 4.74 Å². The molecule has 0 aromatic heterocycles. The van der Waals surface area contributed by atoms with Crippen LogP contribution in [0.4, 0.5) is 8.78 Å². The van der Waals surface area contributed by atoms with Gasteiger partial charge in [-0.15, -0.1) is 0 Å². The molecule has 1 aliphatic rings. The number of esters is 1. The van der Waals surface area contributed by atoms with Crippen molar-refractivity contribution in [1.82, 2.24) is 0 Å². The Bertz CT molecular complexity index is 412. The maximum atomic E-state index is 13.1. The third-order valence-corrected chi connectivity index (χ3v) is 4.20. The van der Waals surface area contributed by atoms with Gasteiger partial charge in [0.15, 0.2) is 0 Å². The zero-order valence-electron chi connectivity index (χ0n) is 11.2. The number of halogens is 2. The van der Waals surface area contributed by atoms with Crippen LogP contribution >= 0.6 is 0 Å². The normalized spacial score (nSPS) is 20.4. The SMILES string of the molecule is O=C(OC1CCCCCCCCC1)C(F)(F)S(=O)(=O)O. The molecule has 0 bridgehead atoms. The van der Waals surface area contributed by atoms with E-state index < -0.39 is 27.4 Å². The summed E-state index contributed by atoms with van der Waals surface area (Å²) in [6.45, 7) is 0. The molecule has 0 aromatic carbocycles. The van der Waals surface area contributed by atoms with Gasteiger partial charge in [-0.25, -0.2) is 4.79 Å². The summed E-state index contributed by atoms with van der Waals surface area (Å²) in [5, 5.41) is -4.90. The Kier molecular flexibility index (Phi) is 6.32. The second-order valence-corrected chi connectivity index (χ2v) is 6.53. The lowest BCUT2D eigenvalue weighted by Gasteiger charge is -2.21. The molecule has 0 spiro atoms. The molecule has 118 valence electrons. The van der Waals surface area contributed by atoms with Crippen LogP contribution in [0.25, 0.3) is 0 Å². The minimum absolute atomic E-state index is 0.438. The van der Waals surface area contributed by atoms with Crippen molar-refractivity contribution in [3.8, 4) is 0 Å². The standard InChI is InChI=1S/C12H20F2O5S/c13-12(14,20(16,17)18)11(15)19-10-8-6-4-2-1-3-5-7-9-10/h10H,1-9H2,(H,16,17,18). The van der Waals surface area contributed by atoms with Gasteiger partial charge >= 0.3 is 21.3 Å². The fourth-order valence-electron chi connectivity index (χ4n) is 2.22. The monoisotopic (exact) mass is 314 g/mol. The first-order chi connectivity index (χ1) is 9.25. The summed E-state index contributed by atoms with van der Waals surface area (Å²) in [5.41, 5.74) is 0. The molecule has 5 nitrogen and oxygen atoms in total. The van der Waals surface area contributed by atoms with Crippen molar-refractivity contribution in [2.24, 2.45) is 0 Å². The van der Waals surface area contributed by atoms with Gasteiger partial charge in [-0.1, -0.05) is 32.1 Å². The lowest BCUT2D eigenvalue weighted by molar-refractivity contribution is -0.168. The minimum atomic E-state index is -5.79. The zero-order chi connectivity index (χ0) is 15.2. The molecule has 0 radical (unpaired) electrons. The third kappa shape index (κ3) is 4.97. The predicted molar refractivity (Wildman–Crippen MR) is 67.9 cm³/mol. The second-order valence-electron chi connectivity index (χ2n) is 5.07. The minimum Gasteiger partial charge on any atom is -0.457 e. The summed E-state index contributed by atoms with van der Waals surface area (Å²) in [5.74, 6) is -2.19. The van der Waals surface area contributed by atoms with Crippen LogP contribution in [-0.4, -0.2) is 30.3 Å². The number of hydrogen-bond donors (Lipinski definition) is 1. The van der Waals surface area contributed by atoms with E-state index in [0.717, 1.165) is 44.9 Å².